The van der Waals surface area contributed by atoms with E-state index in [1.165, 1.54) is 24.3 Å². The molecule has 33 heavy (non-hydrogen) atoms. The lowest BCUT2D eigenvalue weighted by atomic mass is 10.0. The van der Waals surface area contributed by atoms with Crippen molar-refractivity contribution in [3.05, 3.63) is 77.6 Å². The second-order valence-corrected chi connectivity index (χ2v) is 9.59. The molecule has 0 radical (unpaired) electrons. The van der Waals surface area contributed by atoms with E-state index in [4.69, 9.17) is 0 Å². The van der Waals surface area contributed by atoms with E-state index in [9.17, 15) is 18.0 Å². The molecule has 2 aliphatic heterocycles. The van der Waals surface area contributed by atoms with Gasteiger partial charge >= 0.3 is 0 Å². The molecule has 10 heteroatoms. The molecule has 4 heterocycles. The van der Waals surface area contributed by atoms with Crippen molar-refractivity contribution in [1.29, 1.82) is 0 Å². The number of rotatable bonds is 2. The van der Waals surface area contributed by atoms with Gasteiger partial charge in [-0.15, -0.1) is 0 Å². The van der Waals surface area contributed by atoms with Gasteiger partial charge in [-0.1, -0.05) is 18.2 Å². The number of amides is 1. The topological polar surface area (TPSA) is 124 Å². The maximum atomic E-state index is 13.2. The molecular weight excluding hydrogens is 442 g/mol. The van der Waals surface area contributed by atoms with E-state index >= 15 is 0 Å². The van der Waals surface area contributed by atoms with Crippen LogP contribution in [-0.4, -0.2) is 46.4 Å². The van der Waals surface area contributed by atoms with Gasteiger partial charge in [0, 0.05) is 29.4 Å². The number of ketones is 1. The number of carbonyl (C=O) groups excluding carboxylic acids is 2. The molecule has 0 fully saturated rings. The fraction of sp³-hybridized carbons (Fsp3) is 0.0870. The van der Waals surface area contributed by atoms with E-state index in [-0.39, 0.29) is 38.4 Å². The van der Waals surface area contributed by atoms with Crippen molar-refractivity contribution in [2.24, 2.45) is 0 Å². The third-order valence-corrected chi connectivity index (χ3v) is 7.59. The Balaban J connectivity index is 1.45. The van der Waals surface area contributed by atoms with Gasteiger partial charge in [-0.3, -0.25) is 14.3 Å². The highest BCUT2D eigenvalue weighted by Gasteiger charge is 2.34. The summed E-state index contributed by atoms with van der Waals surface area (Å²) in [7, 11) is -3.87. The minimum atomic E-state index is -3.87. The Morgan fingerprint density at radius 2 is 1.73 bits per heavy atom. The molecule has 0 aliphatic carbocycles. The smallest absolute Gasteiger partial charge is 0.269 e. The third-order valence-electron chi connectivity index (χ3n) is 5.73. The summed E-state index contributed by atoms with van der Waals surface area (Å²) in [6, 6.07) is 14.1. The first-order valence-electron chi connectivity index (χ1n) is 10.2. The Kier molecular flexibility index (Phi) is 4.08. The fourth-order valence-corrected chi connectivity index (χ4v) is 5.80. The van der Waals surface area contributed by atoms with Crippen molar-refractivity contribution < 1.29 is 18.0 Å². The average Bonchev–Trinajstić information content (AvgIpc) is 3.29. The Morgan fingerprint density at radius 3 is 2.58 bits per heavy atom. The largest absolute Gasteiger partial charge is 0.349 e. The van der Waals surface area contributed by atoms with Gasteiger partial charge in [0.25, 0.3) is 5.91 Å². The predicted octanol–water partition coefficient (Wildman–Crippen LogP) is 2.13. The van der Waals surface area contributed by atoms with E-state index in [1.54, 1.807) is 41.2 Å². The number of fused-ring (bicyclic) bond motifs is 3. The van der Waals surface area contributed by atoms with Crippen molar-refractivity contribution in [1.82, 2.24) is 25.1 Å². The molecule has 0 saturated heterocycles. The molecule has 1 N–H and O–H groups in total. The Morgan fingerprint density at radius 1 is 0.909 bits per heavy atom. The van der Waals surface area contributed by atoms with E-state index < -0.39 is 9.84 Å². The summed E-state index contributed by atoms with van der Waals surface area (Å²) in [5.41, 5.74) is 2.21. The van der Waals surface area contributed by atoms with Crippen molar-refractivity contribution >= 4 is 21.5 Å². The number of nitrogens with zero attached hydrogens (tertiary/aromatic N) is 4. The number of carbonyl (C=O) groups is 2. The van der Waals surface area contributed by atoms with E-state index in [0.29, 0.717) is 35.7 Å². The molecule has 0 bridgehead atoms. The van der Waals surface area contributed by atoms with Gasteiger partial charge in [-0.05, 0) is 36.4 Å². The maximum absolute atomic E-state index is 13.2. The molecule has 162 valence electrons. The molecule has 4 aromatic rings. The molecule has 2 aromatic heterocycles. The molecule has 0 atom stereocenters. The first-order valence-corrected chi connectivity index (χ1v) is 11.6. The lowest BCUT2D eigenvalue weighted by molar-refractivity contribution is 0.0924. The number of hydrogen-bond acceptors (Lipinski definition) is 7. The molecule has 0 unspecified atom stereocenters. The van der Waals surface area contributed by atoms with Crippen LogP contribution >= 0.6 is 0 Å². The quantitative estimate of drug-likeness (QED) is 0.431. The molecule has 1 amide bonds. The lowest BCUT2D eigenvalue weighted by Gasteiger charge is -2.19. The van der Waals surface area contributed by atoms with Crippen molar-refractivity contribution in [3.63, 3.8) is 0 Å². The first kappa shape index (κ1) is 19.5. The standard InChI is InChI=1S/C23H15N5O4S/c29-21-14-3-1-2-4-19(14)33(31,32)20-11-13(5-6-15(20)21)22-24-8-7-16(26-22)17-12-18-23(30)25-9-10-28(18)27-17/h1-8,11-12H,9-10H2,(H,25,30). The zero-order chi connectivity index (χ0) is 22.7. The fourth-order valence-electron chi connectivity index (χ4n) is 4.12. The molecule has 0 saturated carbocycles. The minimum absolute atomic E-state index is 0.00353. The second-order valence-electron chi connectivity index (χ2n) is 7.70. The molecule has 9 nitrogen and oxygen atoms in total. The van der Waals surface area contributed by atoms with Crippen LogP contribution < -0.4 is 5.32 Å². The highest BCUT2D eigenvalue weighted by molar-refractivity contribution is 7.91. The minimum Gasteiger partial charge on any atom is -0.349 e. The molecular formula is C23H15N5O4S. The van der Waals surface area contributed by atoms with E-state index in [1.807, 2.05) is 0 Å². The van der Waals surface area contributed by atoms with E-state index in [2.05, 4.69) is 20.4 Å². The van der Waals surface area contributed by atoms with Crippen molar-refractivity contribution in [2.45, 2.75) is 16.3 Å². The normalized spacial score (nSPS) is 15.9. The summed E-state index contributed by atoms with van der Waals surface area (Å²) >= 11 is 0. The van der Waals surface area contributed by atoms with Gasteiger partial charge < -0.3 is 5.32 Å². The van der Waals surface area contributed by atoms with Crippen LogP contribution in [0.5, 0.6) is 0 Å². The number of hydrogen-bond donors (Lipinski definition) is 1. The van der Waals surface area contributed by atoms with Gasteiger partial charge in [0.05, 0.1) is 22.0 Å². The average molecular weight is 457 g/mol. The summed E-state index contributed by atoms with van der Waals surface area (Å²) < 4.78 is 28.1. The second kappa shape index (κ2) is 6.91. The highest BCUT2D eigenvalue weighted by atomic mass is 32.2. The summed E-state index contributed by atoms with van der Waals surface area (Å²) in [6.45, 7) is 1.07. The number of aromatic nitrogens is 4. The summed E-state index contributed by atoms with van der Waals surface area (Å²) in [4.78, 5) is 33.7. The Labute approximate surface area is 188 Å². The van der Waals surface area contributed by atoms with Crippen LogP contribution in [0.25, 0.3) is 22.8 Å². The predicted molar refractivity (Wildman–Crippen MR) is 116 cm³/mol. The van der Waals surface area contributed by atoms with Gasteiger partial charge in [0.1, 0.15) is 11.4 Å². The van der Waals surface area contributed by atoms with Crippen LogP contribution in [0.4, 0.5) is 0 Å². The summed E-state index contributed by atoms with van der Waals surface area (Å²) in [5, 5.41) is 7.23. The van der Waals surface area contributed by atoms with Crippen molar-refractivity contribution in [2.75, 3.05) is 6.54 Å². The lowest BCUT2D eigenvalue weighted by Crippen LogP contribution is -2.35. The van der Waals surface area contributed by atoms with Gasteiger partial charge in [-0.25, -0.2) is 18.4 Å². The van der Waals surface area contributed by atoms with Crippen LogP contribution in [0.2, 0.25) is 0 Å². The number of nitrogens with one attached hydrogen (secondary N) is 1. The van der Waals surface area contributed by atoms with Crippen LogP contribution in [0.3, 0.4) is 0 Å². The maximum Gasteiger partial charge on any atom is 0.269 e. The molecule has 2 aliphatic rings. The molecule has 2 aromatic carbocycles. The monoisotopic (exact) mass is 457 g/mol. The van der Waals surface area contributed by atoms with Crippen LogP contribution in [0, 0.1) is 0 Å². The third kappa shape index (κ3) is 2.91. The highest BCUT2D eigenvalue weighted by Crippen LogP contribution is 2.36. The van der Waals surface area contributed by atoms with Gasteiger partial charge in [-0.2, -0.15) is 5.10 Å². The summed E-state index contributed by atoms with van der Waals surface area (Å²) in [6.07, 6.45) is 1.55. The summed E-state index contributed by atoms with van der Waals surface area (Å²) in [5.74, 6) is -0.245. The zero-order valence-corrected chi connectivity index (χ0v) is 17.8. The first-order chi connectivity index (χ1) is 15.9. The van der Waals surface area contributed by atoms with Gasteiger partial charge in [0.15, 0.2) is 11.6 Å². The van der Waals surface area contributed by atoms with E-state index in [0.717, 1.165) is 0 Å². The molecule has 0 spiro atoms. The Bertz CT molecular complexity index is 1610. The van der Waals surface area contributed by atoms with Crippen LogP contribution in [0.1, 0.15) is 26.4 Å². The Hall–Kier alpha value is -4.18. The van der Waals surface area contributed by atoms with Crippen molar-refractivity contribution in [3.8, 4) is 22.8 Å². The number of sulfone groups is 1. The number of benzene rings is 2. The van der Waals surface area contributed by atoms with Crippen LogP contribution in [-0.2, 0) is 16.4 Å². The van der Waals surface area contributed by atoms with Crippen LogP contribution in [0.15, 0.2) is 70.6 Å². The molecule has 6 rings (SSSR count). The SMILES string of the molecule is O=C1c2ccccc2S(=O)(=O)c2cc(-c3nccc(-c4cc5n(n4)CCNC5=O)n3)ccc21. The van der Waals surface area contributed by atoms with Gasteiger partial charge in [0.2, 0.25) is 9.84 Å². The zero-order valence-electron chi connectivity index (χ0n) is 17.0.